The predicted molar refractivity (Wildman–Crippen MR) is 98.1 cm³/mol. The van der Waals surface area contributed by atoms with Crippen LogP contribution in [-0.2, 0) is 4.74 Å². The van der Waals surface area contributed by atoms with Crippen molar-refractivity contribution >= 4 is 0 Å². The molecule has 2 saturated heterocycles. The Balaban J connectivity index is 1.60. The minimum Gasteiger partial charge on any atom is -0.365 e. The molecule has 25 heavy (non-hydrogen) atoms. The molecule has 0 saturated carbocycles. The summed E-state index contributed by atoms with van der Waals surface area (Å²) in [5.41, 5.74) is 3.40. The zero-order valence-corrected chi connectivity index (χ0v) is 15.0. The van der Waals surface area contributed by atoms with Crippen LogP contribution in [0.15, 0.2) is 48.5 Å². The Kier molecular flexibility index (Phi) is 4.61. The van der Waals surface area contributed by atoms with Gasteiger partial charge in [0.05, 0.1) is 6.10 Å². The fourth-order valence-electron chi connectivity index (χ4n) is 4.49. The molecule has 2 unspecified atom stereocenters. The standard InChI is InChI=1S/C22H26FNO/c1-15-4-3-5-17(12-15)22(16-6-8-18(23)9-7-16)25-21-13-19-10-11-20(14-21)24(19)2/h3-9,12,19-22H,10-11,13-14H2,1-2H3/t19-,20+,21?,22?. The van der Waals surface area contributed by atoms with Gasteiger partial charge in [0.15, 0.2) is 0 Å². The number of ether oxygens (including phenoxy) is 1. The third-order valence-electron chi connectivity index (χ3n) is 5.90. The lowest BCUT2D eigenvalue weighted by Gasteiger charge is -2.38. The van der Waals surface area contributed by atoms with Crippen LogP contribution in [-0.4, -0.2) is 30.1 Å². The number of benzene rings is 2. The zero-order valence-electron chi connectivity index (χ0n) is 15.0. The maximum Gasteiger partial charge on any atom is 0.123 e. The van der Waals surface area contributed by atoms with E-state index in [1.54, 1.807) is 0 Å². The van der Waals surface area contributed by atoms with E-state index in [1.165, 1.54) is 30.5 Å². The van der Waals surface area contributed by atoms with E-state index in [1.807, 2.05) is 12.1 Å². The van der Waals surface area contributed by atoms with E-state index in [9.17, 15) is 4.39 Å². The Bertz CT molecular complexity index is 715. The maximum atomic E-state index is 13.4. The van der Waals surface area contributed by atoms with Gasteiger partial charge >= 0.3 is 0 Å². The molecule has 2 aromatic carbocycles. The number of piperidine rings is 1. The van der Waals surface area contributed by atoms with Gasteiger partial charge in [-0.2, -0.15) is 0 Å². The van der Waals surface area contributed by atoms with Crippen molar-refractivity contribution < 1.29 is 9.13 Å². The third-order valence-corrected chi connectivity index (χ3v) is 5.90. The summed E-state index contributed by atoms with van der Waals surface area (Å²) >= 11 is 0. The number of fused-ring (bicyclic) bond motifs is 2. The highest BCUT2D eigenvalue weighted by atomic mass is 19.1. The monoisotopic (exact) mass is 339 g/mol. The van der Waals surface area contributed by atoms with Gasteiger partial charge in [-0.05, 0) is 62.9 Å². The SMILES string of the molecule is Cc1cccc(C(OC2C[C@H]3CC[C@@H](C2)N3C)c2ccc(F)cc2)c1. The van der Waals surface area contributed by atoms with Crippen LogP contribution in [0.3, 0.4) is 0 Å². The average molecular weight is 339 g/mol. The van der Waals surface area contributed by atoms with Crippen LogP contribution in [0.1, 0.15) is 48.5 Å². The summed E-state index contributed by atoms with van der Waals surface area (Å²) < 4.78 is 20.0. The molecule has 0 amide bonds. The van der Waals surface area contributed by atoms with Crippen molar-refractivity contribution in [1.29, 1.82) is 0 Å². The number of nitrogens with zero attached hydrogens (tertiary/aromatic N) is 1. The Hall–Kier alpha value is -1.71. The van der Waals surface area contributed by atoms with E-state index in [4.69, 9.17) is 4.74 Å². The third kappa shape index (κ3) is 3.49. The number of hydrogen-bond acceptors (Lipinski definition) is 2. The summed E-state index contributed by atoms with van der Waals surface area (Å²) in [5, 5.41) is 0. The van der Waals surface area contributed by atoms with E-state index < -0.39 is 0 Å². The Morgan fingerprint density at radius 2 is 1.68 bits per heavy atom. The first-order valence-corrected chi connectivity index (χ1v) is 9.29. The first kappa shape index (κ1) is 16.7. The fraction of sp³-hybridized carbons (Fsp3) is 0.455. The molecule has 2 nitrogen and oxygen atoms in total. The lowest BCUT2D eigenvalue weighted by molar-refractivity contribution is -0.0426. The first-order valence-electron chi connectivity index (χ1n) is 9.29. The zero-order chi connectivity index (χ0) is 17.4. The second-order valence-electron chi connectivity index (χ2n) is 7.63. The number of halogens is 1. The van der Waals surface area contributed by atoms with Crippen molar-refractivity contribution in [2.24, 2.45) is 0 Å². The van der Waals surface area contributed by atoms with E-state index in [2.05, 4.69) is 43.1 Å². The molecule has 4 rings (SSSR count). The van der Waals surface area contributed by atoms with Gasteiger partial charge in [0.25, 0.3) is 0 Å². The van der Waals surface area contributed by atoms with Gasteiger partial charge in [-0.3, -0.25) is 0 Å². The van der Waals surface area contributed by atoms with Crippen molar-refractivity contribution in [2.75, 3.05) is 7.05 Å². The minimum absolute atomic E-state index is 0.131. The summed E-state index contributed by atoms with van der Waals surface area (Å²) in [7, 11) is 2.25. The van der Waals surface area contributed by atoms with E-state index in [0.717, 1.165) is 24.0 Å². The van der Waals surface area contributed by atoms with Crippen LogP contribution < -0.4 is 0 Å². The van der Waals surface area contributed by atoms with Crippen LogP contribution in [0.4, 0.5) is 4.39 Å². The molecule has 4 atom stereocenters. The molecule has 2 aliphatic heterocycles. The highest BCUT2D eigenvalue weighted by Gasteiger charge is 2.39. The molecule has 2 aliphatic rings. The highest BCUT2D eigenvalue weighted by molar-refractivity contribution is 5.33. The lowest BCUT2D eigenvalue weighted by atomic mass is 9.97. The summed E-state index contributed by atoms with van der Waals surface area (Å²) in [4.78, 5) is 2.53. The smallest absolute Gasteiger partial charge is 0.123 e. The molecule has 3 heteroatoms. The van der Waals surface area contributed by atoms with E-state index >= 15 is 0 Å². The van der Waals surface area contributed by atoms with Gasteiger partial charge in [0.2, 0.25) is 0 Å². The van der Waals surface area contributed by atoms with Crippen LogP contribution in [0, 0.1) is 12.7 Å². The van der Waals surface area contributed by atoms with Crippen LogP contribution in [0.2, 0.25) is 0 Å². The molecule has 0 N–H and O–H groups in total. The Morgan fingerprint density at radius 3 is 2.32 bits per heavy atom. The van der Waals surface area contributed by atoms with E-state index in [-0.39, 0.29) is 18.0 Å². The largest absolute Gasteiger partial charge is 0.365 e. The topological polar surface area (TPSA) is 12.5 Å². The van der Waals surface area contributed by atoms with Gasteiger partial charge in [0.1, 0.15) is 11.9 Å². The number of aryl methyl sites for hydroxylation is 1. The van der Waals surface area contributed by atoms with Gasteiger partial charge in [-0.15, -0.1) is 0 Å². The molecule has 0 radical (unpaired) electrons. The maximum absolute atomic E-state index is 13.4. The summed E-state index contributed by atoms with van der Waals surface area (Å²) in [6.45, 7) is 2.10. The van der Waals surface area contributed by atoms with Gasteiger partial charge in [-0.25, -0.2) is 4.39 Å². The Labute approximate surface area is 149 Å². The molecule has 132 valence electrons. The molecular weight excluding hydrogens is 313 g/mol. The molecule has 0 aliphatic carbocycles. The van der Waals surface area contributed by atoms with E-state index in [0.29, 0.717) is 12.1 Å². The first-order chi connectivity index (χ1) is 12.1. The summed E-state index contributed by atoms with van der Waals surface area (Å²) in [6.07, 6.45) is 4.89. The molecule has 2 bridgehead atoms. The van der Waals surface area contributed by atoms with Gasteiger partial charge in [0, 0.05) is 12.1 Å². The normalized spacial score (nSPS) is 27.4. The highest BCUT2D eigenvalue weighted by Crippen LogP contribution is 2.38. The van der Waals surface area contributed by atoms with Gasteiger partial charge in [-0.1, -0.05) is 42.0 Å². The van der Waals surface area contributed by atoms with Crippen LogP contribution in [0.5, 0.6) is 0 Å². The molecule has 0 spiro atoms. The molecule has 2 fully saturated rings. The van der Waals surface area contributed by atoms with Crippen molar-refractivity contribution in [3.8, 4) is 0 Å². The molecule has 0 aromatic heterocycles. The Morgan fingerprint density at radius 1 is 1.00 bits per heavy atom. The van der Waals surface area contributed by atoms with Crippen molar-refractivity contribution in [3.63, 3.8) is 0 Å². The van der Waals surface area contributed by atoms with Gasteiger partial charge < -0.3 is 9.64 Å². The average Bonchev–Trinajstić information content (AvgIpc) is 2.82. The second-order valence-corrected chi connectivity index (χ2v) is 7.63. The molecule has 2 aromatic rings. The summed E-state index contributed by atoms with van der Waals surface area (Å²) in [6, 6.07) is 16.5. The second kappa shape index (κ2) is 6.89. The van der Waals surface area contributed by atoms with Crippen LogP contribution >= 0.6 is 0 Å². The predicted octanol–water partition coefficient (Wildman–Crippen LogP) is 4.87. The molecular formula is C22H26FNO. The number of hydrogen-bond donors (Lipinski definition) is 0. The van der Waals surface area contributed by atoms with Crippen molar-refractivity contribution in [3.05, 3.63) is 71.0 Å². The summed E-state index contributed by atoms with van der Waals surface area (Å²) in [5.74, 6) is -0.205. The lowest BCUT2D eigenvalue weighted by Crippen LogP contribution is -2.43. The van der Waals surface area contributed by atoms with Crippen molar-refractivity contribution in [1.82, 2.24) is 4.90 Å². The van der Waals surface area contributed by atoms with Crippen LogP contribution in [0.25, 0.3) is 0 Å². The van der Waals surface area contributed by atoms with Crippen molar-refractivity contribution in [2.45, 2.75) is 56.9 Å². The number of rotatable bonds is 4. The quantitative estimate of drug-likeness (QED) is 0.788. The minimum atomic E-state index is -0.205. The fourth-order valence-corrected chi connectivity index (χ4v) is 4.49. The molecule has 2 heterocycles.